The summed E-state index contributed by atoms with van der Waals surface area (Å²) in [4.78, 5) is 12.6. The molecule has 24 heavy (non-hydrogen) atoms. The molecule has 1 aliphatic heterocycles. The van der Waals surface area contributed by atoms with Gasteiger partial charge in [-0.1, -0.05) is 42.5 Å². The Labute approximate surface area is 141 Å². The van der Waals surface area contributed by atoms with Crippen LogP contribution in [0.1, 0.15) is 24.0 Å². The summed E-state index contributed by atoms with van der Waals surface area (Å²) < 4.78 is 0. The van der Waals surface area contributed by atoms with Gasteiger partial charge in [0.05, 0.1) is 11.6 Å². The van der Waals surface area contributed by atoms with Gasteiger partial charge in [0.2, 0.25) is 0 Å². The van der Waals surface area contributed by atoms with E-state index in [1.54, 1.807) is 0 Å². The van der Waals surface area contributed by atoms with Crippen LogP contribution in [-0.4, -0.2) is 24.0 Å². The molecule has 0 amide bonds. The number of piperidine rings is 1. The van der Waals surface area contributed by atoms with Gasteiger partial charge < -0.3 is 0 Å². The standard InChI is InChI=1S/C19H20N4O/c20-13-17-12-15(6-7-19(17)16-4-2-1-3-5-16)14-23-10-8-18(9-11-23)21-22-24/h1-7,12,18H,8-11,14H2,(H,21,24). The Kier molecular flexibility index (Phi) is 5.19. The fraction of sp³-hybridized carbons (Fsp3) is 0.316. The van der Waals surface area contributed by atoms with Gasteiger partial charge in [0.1, 0.15) is 0 Å². The first kappa shape index (κ1) is 16.2. The first-order valence-electron chi connectivity index (χ1n) is 8.19. The summed E-state index contributed by atoms with van der Waals surface area (Å²) in [5, 5.41) is 12.3. The van der Waals surface area contributed by atoms with E-state index >= 15 is 0 Å². The minimum absolute atomic E-state index is 0.189. The number of nitrogens with one attached hydrogen (secondary N) is 1. The molecule has 2 aromatic carbocycles. The maximum absolute atomic E-state index is 10.3. The number of nitriles is 1. The third kappa shape index (κ3) is 3.79. The number of likely N-dealkylation sites (tertiary alicyclic amines) is 1. The lowest BCUT2D eigenvalue weighted by Gasteiger charge is -2.31. The van der Waals surface area contributed by atoms with Crippen LogP contribution in [0.2, 0.25) is 0 Å². The smallest absolute Gasteiger partial charge is 0.0998 e. The summed E-state index contributed by atoms with van der Waals surface area (Å²) in [6.45, 7) is 2.68. The van der Waals surface area contributed by atoms with Gasteiger partial charge in [-0.15, -0.1) is 4.91 Å². The fourth-order valence-corrected chi connectivity index (χ4v) is 3.20. The molecule has 0 aromatic heterocycles. The molecule has 0 saturated carbocycles. The number of hydrogen-bond acceptors (Lipinski definition) is 4. The van der Waals surface area contributed by atoms with Gasteiger partial charge in [0.25, 0.3) is 0 Å². The van der Waals surface area contributed by atoms with E-state index in [9.17, 15) is 10.2 Å². The van der Waals surface area contributed by atoms with Crippen molar-refractivity contribution >= 4 is 0 Å². The number of rotatable bonds is 5. The molecule has 1 fully saturated rings. The minimum Gasteiger partial charge on any atom is -0.299 e. The minimum atomic E-state index is 0.189. The Morgan fingerprint density at radius 3 is 2.58 bits per heavy atom. The first-order valence-corrected chi connectivity index (χ1v) is 8.19. The third-order valence-corrected chi connectivity index (χ3v) is 4.52. The van der Waals surface area contributed by atoms with E-state index in [1.165, 1.54) is 0 Å². The molecule has 1 saturated heterocycles. The average Bonchev–Trinajstić information content (AvgIpc) is 2.64. The SMILES string of the molecule is N#Cc1cc(CN2CCC(NN=O)CC2)ccc1-c1ccccc1. The van der Waals surface area contributed by atoms with Crippen LogP contribution in [0.15, 0.2) is 53.8 Å². The number of nitroso groups, excluding NO2 is 1. The predicted octanol–water partition coefficient (Wildman–Crippen LogP) is 3.46. The van der Waals surface area contributed by atoms with E-state index in [1.807, 2.05) is 42.5 Å². The molecule has 122 valence electrons. The largest absolute Gasteiger partial charge is 0.299 e. The molecule has 5 heteroatoms. The molecule has 0 atom stereocenters. The zero-order valence-corrected chi connectivity index (χ0v) is 13.5. The molecule has 0 spiro atoms. The summed E-state index contributed by atoms with van der Waals surface area (Å²) in [6, 6.07) is 18.6. The van der Waals surface area contributed by atoms with Crippen molar-refractivity contribution in [3.8, 4) is 17.2 Å². The molecule has 0 bridgehead atoms. The van der Waals surface area contributed by atoms with Crippen LogP contribution in [0.4, 0.5) is 0 Å². The molecule has 1 N–H and O–H groups in total. The van der Waals surface area contributed by atoms with E-state index in [0.29, 0.717) is 5.56 Å². The van der Waals surface area contributed by atoms with E-state index < -0.39 is 0 Å². The molecule has 5 nitrogen and oxygen atoms in total. The average molecular weight is 320 g/mol. The normalized spacial score (nSPS) is 15.6. The van der Waals surface area contributed by atoms with Gasteiger partial charge in [-0.25, -0.2) is 0 Å². The lowest BCUT2D eigenvalue weighted by atomic mass is 9.97. The van der Waals surface area contributed by atoms with E-state index in [2.05, 4.69) is 27.7 Å². The number of hydrogen-bond donors (Lipinski definition) is 1. The maximum Gasteiger partial charge on any atom is 0.0998 e. The van der Waals surface area contributed by atoms with E-state index in [-0.39, 0.29) is 6.04 Å². The molecular formula is C19H20N4O. The highest BCUT2D eigenvalue weighted by Gasteiger charge is 2.19. The zero-order valence-electron chi connectivity index (χ0n) is 13.5. The number of nitrogens with zero attached hydrogens (tertiary/aromatic N) is 3. The molecule has 0 aliphatic carbocycles. The number of benzene rings is 2. The van der Waals surface area contributed by atoms with Crippen LogP contribution in [0.25, 0.3) is 11.1 Å². The van der Waals surface area contributed by atoms with Gasteiger partial charge in [-0.05, 0) is 35.6 Å². The van der Waals surface area contributed by atoms with Crippen molar-refractivity contribution in [2.45, 2.75) is 25.4 Å². The second-order valence-electron chi connectivity index (χ2n) is 6.13. The highest BCUT2D eigenvalue weighted by atomic mass is 16.3. The summed E-state index contributed by atoms with van der Waals surface area (Å²) >= 11 is 0. The summed E-state index contributed by atoms with van der Waals surface area (Å²) in [5.41, 5.74) is 6.50. The molecule has 1 heterocycles. The van der Waals surface area contributed by atoms with Gasteiger partial charge >= 0.3 is 0 Å². The Bertz CT molecular complexity index is 731. The van der Waals surface area contributed by atoms with Crippen molar-refractivity contribution in [2.24, 2.45) is 5.29 Å². The second kappa shape index (κ2) is 7.71. The van der Waals surface area contributed by atoms with Gasteiger partial charge in [-0.3, -0.25) is 10.3 Å². The maximum atomic E-state index is 10.3. The van der Waals surface area contributed by atoms with E-state index in [0.717, 1.165) is 49.2 Å². The van der Waals surface area contributed by atoms with Gasteiger partial charge in [0.15, 0.2) is 0 Å². The Morgan fingerprint density at radius 1 is 1.17 bits per heavy atom. The van der Waals surface area contributed by atoms with Crippen LogP contribution in [0, 0.1) is 16.2 Å². The van der Waals surface area contributed by atoms with Crippen LogP contribution in [0.5, 0.6) is 0 Å². The highest BCUT2D eigenvalue weighted by Crippen LogP contribution is 2.25. The summed E-state index contributed by atoms with van der Waals surface area (Å²) in [7, 11) is 0. The fourth-order valence-electron chi connectivity index (χ4n) is 3.20. The lowest BCUT2D eigenvalue weighted by molar-refractivity contribution is 0.191. The second-order valence-corrected chi connectivity index (χ2v) is 6.13. The monoisotopic (exact) mass is 320 g/mol. The van der Waals surface area contributed by atoms with Crippen molar-refractivity contribution < 1.29 is 0 Å². The van der Waals surface area contributed by atoms with Crippen molar-refractivity contribution in [1.29, 1.82) is 5.26 Å². The molecule has 3 rings (SSSR count). The first-order chi connectivity index (χ1) is 11.8. The summed E-state index contributed by atoms with van der Waals surface area (Å²) in [5.74, 6) is 0. The van der Waals surface area contributed by atoms with Crippen molar-refractivity contribution in [3.05, 3.63) is 64.6 Å². The molecular weight excluding hydrogens is 300 g/mol. The van der Waals surface area contributed by atoms with Crippen LogP contribution in [-0.2, 0) is 6.54 Å². The molecule has 0 unspecified atom stereocenters. The third-order valence-electron chi connectivity index (χ3n) is 4.52. The summed E-state index contributed by atoms with van der Waals surface area (Å²) in [6.07, 6.45) is 1.83. The Balaban J connectivity index is 1.70. The van der Waals surface area contributed by atoms with Crippen molar-refractivity contribution in [3.63, 3.8) is 0 Å². The molecule has 2 aromatic rings. The Morgan fingerprint density at radius 2 is 1.92 bits per heavy atom. The van der Waals surface area contributed by atoms with Crippen molar-refractivity contribution in [2.75, 3.05) is 13.1 Å². The predicted molar refractivity (Wildman–Crippen MR) is 93.8 cm³/mol. The molecule has 1 aliphatic rings. The van der Waals surface area contributed by atoms with Crippen LogP contribution in [0.3, 0.4) is 0 Å². The Hall–Kier alpha value is -2.71. The zero-order chi connectivity index (χ0) is 16.8. The quantitative estimate of drug-likeness (QED) is 0.676. The van der Waals surface area contributed by atoms with Crippen molar-refractivity contribution in [1.82, 2.24) is 10.3 Å². The van der Waals surface area contributed by atoms with Crippen LogP contribution >= 0.6 is 0 Å². The topological polar surface area (TPSA) is 68.5 Å². The van der Waals surface area contributed by atoms with Crippen LogP contribution < -0.4 is 5.43 Å². The highest BCUT2D eigenvalue weighted by molar-refractivity contribution is 5.70. The van der Waals surface area contributed by atoms with Gasteiger partial charge in [0, 0.05) is 31.0 Å². The van der Waals surface area contributed by atoms with E-state index in [4.69, 9.17) is 0 Å². The molecule has 0 radical (unpaired) electrons. The van der Waals surface area contributed by atoms with Gasteiger partial charge in [-0.2, -0.15) is 5.26 Å². The lowest BCUT2D eigenvalue weighted by Crippen LogP contribution is -2.40.